The third kappa shape index (κ3) is 2.44. The van der Waals surface area contributed by atoms with Gasteiger partial charge in [0.25, 0.3) is 5.56 Å². The van der Waals surface area contributed by atoms with Gasteiger partial charge in [-0.15, -0.1) is 5.10 Å². The minimum atomic E-state index is -0.0469. The van der Waals surface area contributed by atoms with Gasteiger partial charge in [-0.2, -0.15) is 0 Å². The number of hydrogen-bond donors (Lipinski definition) is 1. The number of nitrogens with zero attached hydrogens (tertiary/aromatic N) is 4. The number of fused-ring (bicyclic) bond motifs is 1. The zero-order valence-electron chi connectivity index (χ0n) is 10.9. The molecule has 0 saturated heterocycles. The van der Waals surface area contributed by atoms with Crippen molar-refractivity contribution >= 4 is 22.7 Å². The van der Waals surface area contributed by atoms with Gasteiger partial charge < -0.3 is 0 Å². The van der Waals surface area contributed by atoms with Crippen LogP contribution in [0.4, 0.5) is 0 Å². The van der Waals surface area contributed by atoms with Gasteiger partial charge in [-0.3, -0.25) is 14.5 Å². The fraction of sp³-hybridized carbons (Fsp3) is 0.231. The van der Waals surface area contributed by atoms with Crippen molar-refractivity contribution in [3.63, 3.8) is 0 Å². The number of para-hydroxylation sites is 1. The molecular formula is C13H13N5OS. The van der Waals surface area contributed by atoms with Gasteiger partial charge in [0.05, 0.1) is 23.1 Å². The average molecular weight is 287 g/mol. The Bertz CT molecular complexity index is 795. The fourth-order valence-electron chi connectivity index (χ4n) is 1.83. The Kier molecular flexibility index (Phi) is 3.51. The highest BCUT2D eigenvalue weighted by Crippen LogP contribution is 2.14. The van der Waals surface area contributed by atoms with Crippen LogP contribution in [0.15, 0.2) is 40.5 Å². The molecule has 0 saturated carbocycles. The molecule has 1 aromatic carbocycles. The number of aromatic amines is 1. The zero-order chi connectivity index (χ0) is 13.9. The van der Waals surface area contributed by atoms with Crippen molar-refractivity contribution in [1.82, 2.24) is 24.7 Å². The molecule has 3 rings (SSSR count). The van der Waals surface area contributed by atoms with Crippen LogP contribution in [0, 0.1) is 0 Å². The summed E-state index contributed by atoms with van der Waals surface area (Å²) in [6, 6.07) is 7.32. The molecule has 0 aliphatic carbocycles. The largest absolute Gasteiger partial charge is 0.288 e. The van der Waals surface area contributed by atoms with Gasteiger partial charge in [0.1, 0.15) is 5.82 Å². The van der Waals surface area contributed by atoms with E-state index in [1.54, 1.807) is 17.0 Å². The van der Waals surface area contributed by atoms with E-state index in [-0.39, 0.29) is 5.56 Å². The summed E-state index contributed by atoms with van der Waals surface area (Å²) in [5.74, 6) is 1.29. The first-order valence-corrected chi connectivity index (χ1v) is 7.24. The summed E-state index contributed by atoms with van der Waals surface area (Å²) in [7, 11) is 0. The Morgan fingerprint density at radius 3 is 3.00 bits per heavy atom. The summed E-state index contributed by atoms with van der Waals surface area (Å²) < 4.78 is 1.56. The maximum Gasteiger partial charge on any atom is 0.261 e. The van der Waals surface area contributed by atoms with Crippen LogP contribution in [-0.2, 0) is 12.3 Å². The number of rotatable bonds is 4. The molecule has 0 unspecified atom stereocenters. The molecule has 3 aromatic rings. The van der Waals surface area contributed by atoms with Crippen molar-refractivity contribution in [2.24, 2.45) is 0 Å². The summed E-state index contributed by atoms with van der Waals surface area (Å²) in [4.78, 5) is 20.8. The second-order valence-electron chi connectivity index (χ2n) is 4.23. The van der Waals surface area contributed by atoms with Crippen LogP contribution >= 0.6 is 11.8 Å². The highest BCUT2D eigenvalue weighted by molar-refractivity contribution is 7.98. The lowest BCUT2D eigenvalue weighted by molar-refractivity contribution is 0.817. The average Bonchev–Trinajstić information content (AvgIpc) is 2.95. The maximum absolute atomic E-state index is 12.3. The van der Waals surface area contributed by atoms with Crippen molar-refractivity contribution in [2.45, 2.75) is 24.4 Å². The second kappa shape index (κ2) is 5.46. The van der Waals surface area contributed by atoms with E-state index in [1.165, 1.54) is 11.8 Å². The van der Waals surface area contributed by atoms with Gasteiger partial charge in [-0.1, -0.05) is 30.8 Å². The molecule has 2 heterocycles. The molecule has 7 heteroatoms. The summed E-state index contributed by atoms with van der Waals surface area (Å²) in [5.41, 5.74) is 0.666. The third-order valence-electron chi connectivity index (χ3n) is 2.91. The minimum absolute atomic E-state index is 0.0469. The fourth-order valence-corrected chi connectivity index (χ4v) is 2.55. The third-order valence-corrected chi connectivity index (χ3v) is 3.76. The molecule has 0 spiro atoms. The standard InChI is InChI=1S/C13H13N5OS/c1-2-11-15-13(17-16-11)20-8-18-7-14-10-6-4-3-5-9(10)12(18)19/h3-7H,2,8H2,1H3,(H,15,16,17). The van der Waals surface area contributed by atoms with Crippen molar-refractivity contribution in [3.05, 3.63) is 46.8 Å². The lowest BCUT2D eigenvalue weighted by Crippen LogP contribution is -2.19. The van der Waals surface area contributed by atoms with Crippen LogP contribution in [0.2, 0.25) is 0 Å². The highest BCUT2D eigenvalue weighted by Gasteiger charge is 2.06. The van der Waals surface area contributed by atoms with Gasteiger partial charge >= 0.3 is 0 Å². The van der Waals surface area contributed by atoms with Crippen LogP contribution in [0.25, 0.3) is 10.9 Å². The van der Waals surface area contributed by atoms with Crippen LogP contribution in [-0.4, -0.2) is 24.7 Å². The summed E-state index contributed by atoms with van der Waals surface area (Å²) in [5, 5.41) is 8.20. The molecule has 102 valence electrons. The molecule has 1 N–H and O–H groups in total. The molecule has 0 aliphatic rings. The number of aromatic nitrogens is 5. The van der Waals surface area contributed by atoms with E-state index < -0.39 is 0 Å². The molecule has 0 aliphatic heterocycles. The smallest absolute Gasteiger partial charge is 0.261 e. The Morgan fingerprint density at radius 1 is 1.35 bits per heavy atom. The van der Waals surface area contributed by atoms with Crippen LogP contribution in [0.3, 0.4) is 0 Å². The molecule has 0 bridgehead atoms. The number of thioether (sulfide) groups is 1. The normalized spacial score (nSPS) is 11.1. The summed E-state index contributed by atoms with van der Waals surface area (Å²) in [6.45, 7) is 2.01. The Morgan fingerprint density at radius 2 is 2.20 bits per heavy atom. The zero-order valence-corrected chi connectivity index (χ0v) is 11.7. The first-order valence-electron chi connectivity index (χ1n) is 6.26. The minimum Gasteiger partial charge on any atom is -0.288 e. The van der Waals surface area contributed by atoms with Gasteiger partial charge in [-0.05, 0) is 12.1 Å². The van der Waals surface area contributed by atoms with Gasteiger partial charge in [0.15, 0.2) is 0 Å². The predicted octanol–water partition coefficient (Wildman–Crippen LogP) is 1.83. The van der Waals surface area contributed by atoms with E-state index in [1.807, 2.05) is 25.1 Å². The summed E-state index contributed by atoms with van der Waals surface area (Å²) in [6.07, 6.45) is 2.37. The van der Waals surface area contributed by atoms with E-state index in [4.69, 9.17) is 0 Å². The molecule has 6 nitrogen and oxygen atoms in total. The lowest BCUT2D eigenvalue weighted by Gasteiger charge is -2.04. The Labute approximate surface area is 119 Å². The van der Waals surface area contributed by atoms with Gasteiger partial charge in [-0.25, -0.2) is 9.97 Å². The van der Waals surface area contributed by atoms with E-state index in [0.717, 1.165) is 12.2 Å². The van der Waals surface area contributed by atoms with Crippen LogP contribution in [0.5, 0.6) is 0 Å². The van der Waals surface area contributed by atoms with Crippen molar-refractivity contribution < 1.29 is 0 Å². The monoisotopic (exact) mass is 287 g/mol. The Hall–Kier alpha value is -2.15. The highest BCUT2D eigenvalue weighted by atomic mass is 32.2. The lowest BCUT2D eigenvalue weighted by atomic mass is 10.2. The maximum atomic E-state index is 12.3. The summed E-state index contributed by atoms with van der Waals surface area (Å²) >= 11 is 1.40. The molecular weight excluding hydrogens is 274 g/mol. The number of nitrogens with one attached hydrogen (secondary N) is 1. The molecule has 0 atom stereocenters. The SMILES string of the molecule is CCc1nc(SCn2cnc3ccccc3c2=O)n[nH]1. The van der Waals surface area contributed by atoms with Gasteiger partial charge in [0, 0.05) is 6.42 Å². The quantitative estimate of drug-likeness (QED) is 0.741. The topological polar surface area (TPSA) is 76.5 Å². The van der Waals surface area contributed by atoms with Crippen LogP contribution < -0.4 is 5.56 Å². The predicted molar refractivity (Wildman–Crippen MR) is 77.6 cm³/mol. The molecule has 2 aromatic heterocycles. The van der Waals surface area contributed by atoms with E-state index in [0.29, 0.717) is 21.9 Å². The molecule has 0 amide bonds. The van der Waals surface area contributed by atoms with E-state index >= 15 is 0 Å². The first-order chi connectivity index (χ1) is 9.78. The van der Waals surface area contributed by atoms with E-state index in [2.05, 4.69) is 20.2 Å². The van der Waals surface area contributed by atoms with Crippen molar-refractivity contribution in [2.75, 3.05) is 0 Å². The molecule has 20 heavy (non-hydrogen) atoms. The van der Waals surface area contributed by atoms with Gasteiger partial charge in [0.2, 0.25) is 5.16 Å². The van der Waals surface area contributed by atoms with Crippen LogP contribution in [0.1, 0.15) is 12.7 Å². The van der Waals surface area contributed by atoms with E-state index in [9.17, 15) is 4.79 Å². The number of hydrogen-bond acceptors (Lipinski definition) is 5. The van der Waals surface area contributed by atoms with Crippen molar-refractivity contribution in [1.29, 1.82) is 0 Å². The number of H-pyrrole nitrogens is 1. The first kappa shape index (κ1) is 12.9. The second-order valence-corrected chi connectivity index (χ2v) is 5.14. The van der Waals surface area contributed by atoms with Crippen molar-refractivity contribution in [3.8, 4) is 0 Å². The Balaban J connectivity index is 1.84. The molecule has 0 radical (unpaired) electrons. The number of benzene rings is 1. The molecule has 0 fully saturated rings. The number of aryl methyl sites for hydroxylation is 1.